The van der Waals surface area contributed by atoms with Crippen LogP contribution >= 0.6 is 22.9 Å². The number of aryl methyl sites for hydroxylation is 1. The molecule has 1 aliphatic heterocycles. The van der Waals surface area contributed by atoms with Gasteiger partial charge < -0.3 is 14.2 Å². The molecule has 0 saturated carbocycles. The maximum atomic E-state index is 14.8. The molecule has 5 rings (SSSR count). The topological polar surface area (TPSA) is 83.4 Å². The van der Waals surface area contributed by atoms with E-state index in [2.05, 4.69) is 9.97 Å². The van der Waals surface area contributed by atoms with Gasteiger partial charge in [-0.2, -0.15) is 0 Å². The number of benzene rings is 2. The number of methoxy groups -OCH3 is 1. The van der Waals surface area contributed by atoms with Crippen LogP contribution in [0.3, 0.4) is 0 Å². The summed E-state index contributed by atoms with van der Waals surface area (Å²) in [5, 5.41) is 0.696. The molecule has 10 heteroatoms. The summed E-state index contributed by atoms with van der Waals surface area (Å²) in [5.74, 6) is 0.0654. The number of halogens is 2. The molecule has 1 aliphatic rings. The van der Waals surface area contributed by atoms with Crippen LogP contribution in [0.15, 0.2) is 24.4 Å². The Morgan fingerprint density at radius 3 is 2.88 bits per heavy atom. The lowest BCUT2D eigenvalue weighted by atomic mass is 10.00. The van der Waals surface area contributed by atoms with Crippen molar-refractivity contribution in [1.82, 2.24) is 15.0 Å². The Morgan fingerprint density at radius 1 is 1.31 bits per heavy atom. The first-order valence-electron chi connectivity index (χ1n) is 9.71. The fourth-order valence-corrected chi connectivity index (χ4v) is 5.08. The lowest BCUT2D eigenvalue weighted by Crippen LogP contribution is -2.36. The molecule has 0 saturated heterocycles. The second kappa shape index (κ2) is 7.53. The predicted octanol–water partition coefficient (Wildman–Crippen LogP) is 5.43. The molecule has 7 nitrogen and oxygen atoms in total. The number of fused-ring (bicyclic) bond motifs is 4. The molecule has 0 unspecified atom stereocenters. The van der Waals surface area contributed by atoms with Crippen LogP contribution in [0.4, 0.5) is 9.18 Å². The standard InChI is InChI=1S/C22H17ClFN3O4S/c1-10-4-11(17-14(5-10)26-16(29-3)8-25-17)20-27-15-6-13(24)18-12(19(15)32-20)7-22(2,31-18)9-30-21(23)28/h4-6,8H,7,9H2,1-3H3/t22-/m1/s1. The average Bonchev–Trinajstić information content (AvgIpc) is 3.33. The van der Waals surface area contributed by atoms with Crippen LogP contribution in [-0.4, -0.2) is 39.7 Å². The molecule has 164 valence electrons. The highest BCUT2D eigenvalue weighted by atomic mass is 35.5. The Labute approximate surface area is 191 Å². The molecule has 0 fully saturated rings. The van der Waals surface area contributed by atoms with E-state index in [0.717, 1.165) is 15.8 Å². The zero-order chi connectivity index (χ0) is 22.6. The molecule has 0 amide bonds. The zero-order valence-electron chi connectivity index (χ0n) is 17.4. The highest BCUT2D eigenvalue weighted by Gasteiger charge is 2.40. The zero-order valence-corrected chi connectivity index (χ0v) is 18.9. The van der Waals surface area contributed by atoms with Crippen LogP contribution in [0.25, 0.3) is 31.8 Å². The van der Waals surface area contributed by atoms with Crippen molar-refractivity contribution in [3.8, 4) is 22.2 Å². The number of hydrogen-bond donors (Lipinski definition) is 0. The van der Waals surface area contributed by atoms with E-state index < -0.39 is 16.8 Å². The minimum absolute atomic E-state index is 0.0868. The lowest BCUT2D eigenvalue weighted by Gasteiger charge is -2.22. The summed E-state index contributed by atoms with van der Waals surface area (Å²) < 4.78 is 31.6. The highest BCUT2D eigenvalue weighted by Crippen LogP contribution is 2.45. The van der Waals surface area contributed by atoms with E-state index in [9.17, 15) is 9.18 Å². The second-order valence-electron chi connectivity index (χ2n) is 7.88. The quantitative estimate of drug-likeness (QED) is 0.365. The molecule has 0 aliphatic carbocycles. The molecule has 0 bridgehead atoms. The molecule has 2 aromatic carbocycles. The molecule has 32 heavy (non-hydrogen) atoms. The molecular formula is C22H17ClFN3O4S. The van der Waals surface area contributed by atoms with Gasteiger partial charge in [-0.1, -0.05) is 0 Å². The Hall–Kier alpha value is -3.04. The van der Waals surface area contributed by atoms with Crippen LogP contribution < -0.4 is 9.47 Å². The van der Waals surface area contributed by atoms with E-state index in [1.54, 1.807) is 20.2 Å². The summed E-state index contributed by atoms with van der Waals surface area (Å²) in [5.41, 5.74) is 2.55. The van der Waals surface area contributed by atoms with E-state index in [-0.39, 0.29) is 12.4 Å². The van der Waals surface area contributed by atoms with Gasteiger partial charge in [0, 0.05) is 35.2 Å². The maximum absolute atomic E-state index is 14.8. The summed E-state index contributed by atoms with van der Waals surface area (Å²) in [6, 6.07) is 5.27. The number of rotatable bonds is 4. The molecule has 4 aromatic rings. The summed E-state index contributed by atoms with van der Waals surface area (Å²) in [7, 11) is 1.54. The normalized spacial score (nSPS) is 17.4. The summed E-state index contributed by atoms with van der Waals surface area (Å²) in [4.78, 5) is 24.7. The third kappa shape index (κ3) is 3.51. The van der Waals surface area contributed by atoms with Crippen LogP contribution in [0, 0.1) is 12.7 Å². The van der Waals surface area contributed by atoms with Crippen molar-refractivity contribution < 1.29 is 23.4 Å². The van der Waals surface area contributed by atoms with Gasteiger partial charge in [0.1, 0.15) is 17.2 Å². The third-order valence-electron chi connectivity index (χ3n) is 5.28. The van der Waals surface area contributed by atoms with E-state index in [0.29, 0.717) is 39.4 Å². The van der Waals surface area contributed by atoms with Crippen molar-refractivity contribution in [2.75, 3.05) is 13.7 Å². The van der Waals surface area contributed by atoms with Gasteiger partial charge in [-0.3, -0.25) is 0 Å². The fraction of sp³-hybridized carbons (Fsp3) is 0.273. The van der Waals surface area contributed by atoms with Gasteiger partial charge >= 0.3 is 5.43 Å². The fourth-order valence-electron chi connectivity index (χ4n) is 3.92. The first-order valence-corrected chi connectivity index (χ1v) is 10.9. The van der Waals surface area contributed by atoms with Crippen molar-refractivity contribution in [1.29, 1.82) is 0 Å². The van der Waals surface area contributed by atoms with Gasteiger partial charge in [0.05, 0.1) is 34.6 Å². The molecule has 1 atom stereocenters. The third-order valence-corrected chi connectivity index (χ3v) is 6.55. The van der Waals surface area contributed by atoms with Crippen LogP contribution in [0.5, 0.6) is 11.6 Å². The molecule has 0 spiro atoms. The predicted molar refractivity (Wildman–Crippen MR) is 119 cm³/mol. The van der Waals surface area contributed by atoms with Crippen LogP contribution in [0.1, 0.15) is 18.1 Å². The Balaban J connectivity index is 1.63. The summed E-state index contributed by atoms with van der Waals surface area (Å²) in [6.45, 7) is 3.62. The summed E-state index contributed by atoms with van der Waals surface area (Å²) in [6.07, 6.45) is 1.91. The van der Waals surface area contributed by atoms with Gasteiger partial charge in [-0.05, 0) is 31.5 Å². The van der Waals surface area contributed by atoms with E-state index >= 15 is 0 Å². The summed E-state index contributed by atoms with van der Waals surface area (Å²) >= 11 is 6.72. The van der Waals surface area contributed by atoms with Gasteiger partial charge in [0.2, 0.25) is 5.88 Å². The van der Waals surface area contributed by atoms with Crippen molar-refractivity contribution >= 4 is 49.6 Å². The van der Waals surface area contributed by atoms with Crippen LogP contribution in [-0.2, 0) is 11.2 Å². The SMILES string of the molecule is COc1cnc2c(-c3nc4cc(F)c5c(c4s3)C[C@](C)(COC(=O)Cl)O5)cc(C)cc2n1. The largest absolute Gasteiger partial charge is 0.480 e. The molecule has 2 aromatic heterocycles. The number of carbonyl (C=O) groups is 1. The molecule has 3 heterocycles. The number of nitrogens with zero attached hydrogens (tertiary/aromatic N) is 3. The first kappa shape index (κ1) is 20.8. The number of hydrogen-bond acceptors (Lipinski definition) is 8. The van der Waals surface area contributed by atoms with E-state index in [1.807, 2.05) is 19.1 Å². The lowest BCUT2D eigenvalue weighted by molar-refractivity contribution is 0.0352. The maximum Gasteiger partial charge on any atom is 0.403 e. The minimum Gasteiger partial charge on any atom is -0.480 e. The Bertz CT molecular complexity index is 1410. The van der Waals surface area contributed by atoms with Crippen LogP contribution in [0.2, 0.25) is 0 Å². The van der Waals surface area contributed by atoms with E-state index in [1.165, 1.54) is 17.4 Å². The monoisotopic (exact) mass is 473 g/mol. The molecule has 0 N–H and O–H groups in total. The second-order valence-corrected chi connectivity index (χ2v) is 9.19. The van der Waals surface area contributed by atoms with Crippen molar-refractivity contribution in [2.45, 2.75) is 25.9 Å². The van der Waals surface area contributed by atoms with Gasteiger partial charge in [0.15, 0.2) is 11.6 Å². The molecular weight excluding hydrogens is 457 g/mol. The van der Waals surface area contributed by atoms with Crippen molar-refractivity contribution in [3.05, 3.63) is 41.3 Å². The number of carbonyl (C=O) groups excluding carboxylic acids is 1. The minimum atomic E-state index is -0.930. The van der Waals surface area contributed by atoms with Crippen molar-refractivity contribution in [3.63, 3.8) is 0 Å². The number of aromatic nitrogens is 3. The van der Waals surface area contributed by atoms with Gasteiger partial charge in [-0.25, -0.2) is 24.1 Å². The number of ether oxygens (including phenoxy) is 3. The smallest absolute Gasteiger partial charge is 0.403 e. The van der Waals surface area contributed by atoms with Gasteiger partial charge in [-0.15, -0.1) is 11.3 Å². The van der Waals surface area contributed by atoms with Crippen molar-refractivity contribution in [2.24, 2.45) is 0 Å². The Kier molecular flexibility index (Phi) is 4.90. The highest BCUT2D eigenvalue weighted by molar-refractivity contribution is 7.22. The average molecular weight is 474 g/mol. The first-order chi connectivity index (χ1) is 15.3. The Morgan fingerprint density at radius 2 is 2.12 bits per heavy atom. The molecule has 0 radical (unpaired) electrons. The van der Waals surface area contributed by atoms with E-state index in [4.69, 9.17) is 30.8 Å². The number of thiazole rings is 1. The van der Waals surface area contributed by atoms with Gasteiger partial charge in [0.25, 0.3) is 0 Å².